The van der Waals surface area contributed by atoms with E-state index in [9.17, 15) is 0 Å². The molecule has 5 heteroatoms. The number of nitrogens with zero attached hydrogens (tertiary/aromatic N) is 3. The fraction of sp³-hybridized carbons (Fsp3) is 0.273. The summed E-state index contributed by atoms with van der Waals surface area (Å²) in [6.45, 7) is 2.73. The smallest absolute Gasteiger partial charge is 0.151 e. The van der Waals surface area contributed by atoms with Crippen LogP contribution in [-0.4, -0.2) is 17.0 Å². The Balaban J connectivity index is 2.14. The SMILES string of the molecule is Cc1nc(CN(C)c2ncccc2N)cs1. The molecule has 0 fully saturated rings. The molecular weight excluding hydrogens is 220 g/mol. The molecule has 0 bridgehead atoms. The monoisotopic (exact) mass is 234 g/mol. The Labute approximate surface area is 98.8 Å². The molecule has 0 saturated heterocycles. The van der Waals surface area contributed by atoms with E-state index in [1.165, 1.54) is 0 Å². The Morgan fingerprint density at radius 3 is 2.94 bits per heavy atom. The first kappa shape index (κ1) is 10.9. The van der Waals surface area contributed by atoms with Gasteiger partial charge in [0.15, 0.2) is 5.82 Å². The average Bonchev–Trinajstić information content (AvgIpc) is 2.64. The number of hydrogen-bond donors (Lipinski definition) is 1. The third-order valence-electron chi connectivity index (χ3n) is 2.24. The Bertz CT molecular complexity index is 480. The topological polar surface area (TPSA) is 55.0 Å². The van der Waals surface area contributed by atoms with Crippen LogP contribution in [0.15, 0.2) is 23.7 Å². The fourth-order valence-corrected chi connectivity index (χ4v) is 2.13. The van der Waals surface area contributed by atoms with Gasteiger partial charge in [0.2, 0.25) is 0 Å². The summed E-state index contributed by atoms with van der Waals surface area (Å²) in [5, 5.41) is 3.14. The van der Waals surface area contributed by atoms with E-state index in [0.29, 0.717) is 5.69 Å². The molecule has 0 amide bonds. The number of hydrogen-bond acceptors (Lipinski definition) is 5. The molecule has 2 aromatic rings. The average molecular weight is 234 g/mol. The summed E-state index contributed by atoms with van der Waals surface area (Å²) in [4.78, 5) is 10.7. The summed E-state index contributed by atoms with van der Waals surface area (Å²) in [5.74, 6) is 0.799. The fourth-order valence-electron chi connectivity index (χ4n) is 1.53. The van der Waals surface area contributed by atoms with E-state index in [0.717, 1.165) is 23.1 Å². The van der Waals surface area contributed by atoms with Crippen molar-refractivity contribution < 1.29 is 0 Å². The van der Waals surface area contributed by atoms with Crippen molar-refractivity contribution in [3.05, 3.63) is 34.4 Å². The van der Waals surface area contributed by atoms with E-state index < -0.39 is 0 Å². The second-order valence-corrected chi connectivity index (χ2v) is 4.69. The predicted octanol–water partition coefficient (Wildman–Crippen LogP) is 2.07. The summed E-state index contributed by atoms with van der Waals surface area (Å²) in [7, 11) is 1.97. The summed E-state index contributed by atoms with van der Waals surface area (Å²) in [6, 6.07) is 3.69. The van der Waals surface area contributed by atoms with Crippen LogP contribution in [0, 0.1) is 6.92 Å². The van der Waals surface area contributed by atoms with Crippen molar-refractivity contribution in [2.24, 2.45) is 0 Å². The number of nitrogens with two attached hydrogens (primary N) is 1. The maximum absolute atomic E-state index is 5.86. The molecule has 2 N–H and O–H groups in total. The summed E-state index contributed by atoms with van der Waals surface area (Å²) >= 11 is 1.66. The van der Waals surface area contributed by atoms with Crippen LogP contribution in [-0.2, 0) is 6.54 Å². The molecule has 2 heterocycles. The zero-order valence-electron chi connectivity index (χ0n) is 9.34. The van der Waals surface area contributed by atoms with Gasteiger partial charge in [-0.2, -0.15) is 0 Å². The maximum atomic E-state index is 5.86. The van der Waals surface area contributed by atoms with E-state index >= 15 is 0 Å². The van der Waals surface area contributed by atoms with Gasteiger partial charge in [-0.15, -0.1) is 11.3 Å². The zero-order chi connectivity index (χ0) is 11.5. The van der Waals surface area contributed by atoms with Gasteiger partial charge in [0, 0.05) is 18.6 Å². The van der Waals surface area contributed by atoms with Gasteiger partial charge in [-0.05, 0) is 19.1 Å². The lowest BCUT2D eigenvalue weighted by Gasteiger charge is -2.18. The van der Waals surface area contributed by atoms with Gasteiger partial charge in [0.05, 0.1) is 22.9 Å². The standard InChI is InChI=1S/C11H14N4S/c1-8-14-9(7-16-8)6-15(2)11-10(12)4-3-5-13-11/h3-5,7H,6,12H2,1-2H3. The van der Waals surface area contributed by atoms with Crippen molar-refractivity contribution in [1.29, 1.82) is 0 Å². The lowest BCUT2D eigenvalue weighted by Crippen LogP contribution is -2.19. The molecule has 0 aromatic carbocycles. The molecule has 2 rings (SSSR count). The Hall–Kier alpha value is -1.62. The quantitative estimate of drug-likeness (QED) is 0.883. The van der Waals surface area contributed by atoms with Gasteiger partial charge in [-0.1, -0.05) is 0 Å². The minimum atomic E-state index is 0.692. The molecule has 0 spiro atoms. The number of aryl methyl sites for hydroxylation is 1. The maximum Gasteiger partial charge on any atom is 0.151 e. The van der Waals surface area contributed by atoms with E-state index in [-0.39, 0.29) is 0 Å². The predicted molar refractivity (Wildman–Crippen MR) is 67.6 cm³/mol. The van der Waals surface area contributed by atoms with E-state index in [1.54, 1.807) is 17.5 Å². The van der Waals surface area contributed by atoms with Gasteiger partial charge < -0.3 is 10.6 Å². The van der Waals surface area contributed by atoms with E-state index in [1.807, 2.05) is 31.0 Å². The van der Waals surface area contributed by atoms with Crippen LogP contribution in [0.25, 0.3) is 0 Å². The second-order valence-electron chi connectivity index (χ2n) is 3.63. The van der Waals surface area contributed by atoms with Gasteiger partial charge in [-0.25, -0.2) is 9.97 Å². The van der Waals surface area contributed by atoms with Crippen LogP contribution in [0.4, 0.5) is 11.5 Å². The van der Waals surface area contributed by atoms with Gasteiger partial charge in [0.1, 0.15) is 0 Å². The van der Waals surface area contributed by atoms with E-state index in [4.69, 9.17) is 5.73 Å². The van der Waals surface area contributed by atoms with Crippen LogP contribution >= 0.6 is 11.3 Å². The molecular formula is C11H14N4S. The molecule has 16 heavy (non-hydrogen) atoms. The molecule has 0 aliphatic rings. The van der Waals surface area contributed by atoms with Gasteiger partial charge in [-0.3, -0.25) is 0 Å². The van der Waals surface area contributed by atoms with Gasteiger partial charge in [0.25, 0.3) is 0 Å². The Kier molecular flexibility index (Phi) is 3.05. The van der Waals surface area contributed by atoms with Gasteiger partial charge >= 0.3 is 0 Å². The lowest BCUT2D eigenvalue weighted by molar-refractivity contribution is 0.872. The van der Waals surface area contributed by atoms with Crippen molar-refractivity contribution >= 4 is 22.8 Å². The Morgan fingerprint density at radius 1 is 1.50 bits per heavy atom. The molecule has 0 aliphatic carbocycles. The zero-order valence-corrected chi connectivity index (χ0v) is 10.2. The van der Waals surface area contributed by atoms with Crippen molar-refractivity contribution in [2.45, 2.75) is 13.5 Å². The van der Waals surface area contributed by atoms with Crippen LogP contribution in [0.2, 0.25) is 0 Å². The number of aromatic nitrogens is 2. The third kappa shape index (κ3) is 2.30. The first-order valence-corrected chi connectivity index (χ1v) is 5.87. The minimum Gasteiger partial charge on any atom is -0.396 e. The molecule has 2 aromatic heterocycles. The number of anilines is 2. The van der Waals surface area contributed by atoms with E-state index in [2.05, 4.69) is 15.3 Å². The van der Waals surface area contributed by atoms with Crippen LogP contribution in [0.1, 0.15) is 10.7 Å². The first-order valence-electron chi connectivity index (χ1n) is 4.99. The first-order chi connectivity index (χ1) is 7.66. The highest BCUT2D eigenvalue weighted by atomic mass is 32.1. The molecule has 0 atom stereocenters. The van der Waals surface area contributed by atoms with Crippen LogP contribution < -0.4 is 10.6 Å². The number of thiazole rings is 1. The number of pyridine rings is 1. The van der Waals surface area contributed by atoms with Crippen molar-refractivity contribution in [2.75, 3.05) is 17.7 Å². The molecule has 0 saturated carbocycles. The molecule has 0 unspecified atom stereocenters. The van der Waals surface area contributed by atoms with Crippen molar-refractivity contribution in [3.8, 4) is 0 Å². The summed E-state index contributed by atoms with van der Waals surface area (Å²) in [5.41, 5.74) is 7.60. The van der Waals surface area contributed by atoms with Crippen LogP contribution in [0.5, 0.6) is 0 Å². The highest BCUT2D eigenvalue weighted by Crippen LogP contribution is 2.20. The summed E-state index contributed by atoms with van der Waals surface area (Å²) in [6.07, 6.45) is 1.74. The molecule has 84 valence electrons. The Morgan fingerprint density at radius 2 is 2.31 bits per heavy atom. The van der Waals surface area contributed by atoms with Crippen LogP contribution in [0.3, 0.4) is 0 Å². The molecule has 0 aliphatic heterocycles. The van der Waals surface area contributed by atoms with Crippen molar-refractivity contribution in [1.82, 2.24) is 9.97 Å². The summed E-state index contributed by atoms with van der Waals surface area (Å²) < 4.78 is 0. The highest BCUT2D eigenvalue weighted by Gasteiger charge is 2.08. The second kappa shape index (κ2) is 4.49. The lowest BCUT2D eigenvalue weighted by atomic mass is 10.3. The molecule has 0 radical (unpaired) electrons. The highest BCUT2D eigenvalue weighted by molar-refractivity contribution is 7.09. The normalized spacial score (nSPS) is 10.4. The number of nitrogen functional groups attached to an aromatic ring is 1. The number of rotatable bonds is 3. The largest absolute Gasteiger partial charge is 0.396 e. The van der Waals surface area contributed by atoms with Crippen molar-refractivity contribution in [3.63, 3.8) is 0 Å². The minimum absolute atomic E-state index is 0.692. The third-order valence-corrected chi connectivity index (χ3v) is 3.07. The molecule has 4 nitrogen and oxygen atoms in total.